The van der Waals surface area contributed by atoms with Crippen molar-refractivity contribution in [2.45, 2.75) is 51.0 Å². The summed E-state index contributed by atoms with van der Waals surface area (Å²) < 4.78 is 40.8. The van der Waals surface area contributed by atoms with E-state index in [0.29, 0.717) is 5.92 Å². The van der Waals surface area contributed by atoms with Crippen LogP contribution >= 0.6 is 0 Å². The fraction of sp³-hybridized carbons (Fsp3) is 0.625. The molecule has 0 spiro atoms. The van der Waals surface area contributed by atoms with Crippen molar-refractivity contribution in [2.75, 3.05) is 0 Å². The van der Waals surface area contributed by atoms with Crippen molar-refractivity contribution >= 4 is 10.0 Å². The SMILES string of the molecule is CC1(C)C2CC[C@@]1(C)C(NS(=O)(=O)c1ccc(F)cc1)C2. The molecular formula is C16H22FNO2S. The zero-order chi connectivity index (χ0) is 15.5. The highest BCUT2D eigenvalue weighted by molar-refractivity contribution is 7.89. The van der Waals surface area contributed by atoms with Gasteiger partial charge in [-0.3, -0.25) is 0 Å². The van der Waals surface area contributed by atoms with Gasteiger partial charge in [-0.2, -0.15) is 0 Å². The molecule has 2 fully saturated rings. The fourth-order valence-electron chi connectivity index (χ4n) is 4.25. The fourth-order valence-corrected chi connectivity index (χ4v) is 5.61. The Hall–Kier alpha value is -0.940. The Balaban J connectivity index is 1.86. The Morgan fingerprint density at radius 3 is 2.29 bits per heavy atom. The average molecular weight is 311 g/mol. The van der Waals surface area contributed by atoms with Crippen LogP contribution in [0, 0.1) is 22.6 Å². The molecule has 3 rings (SSSR count). The number of sulfonamides is 1. The molecule has 2 bridgehead atoms. The third kappa shape index (κ3) is 2.13. The van der Waals surface area contributed by atoms with Crippen molar-refractivity contribution in [1.82, 2.24) is 4.72 Å². The van der Waals surface area contributed by atoms with Crippen LogP contribution in [-0.2, 0) is 10.0 Å². The summed E-state index contributed by atoms with van der Waals surface area (Å²) in [5.74, 6) is 0.144. The van der Waals surface area contributed by atoms with Crippen molar-refractivity contribution in [3.8, 4) is 0 Å². The van der Waals surface area contributed by atoms with Gasteiger partial charge in [-0.05, 0) is 60.3 Å². The number of fused-ring (bicyclic) bond motifs is 2. The molecule has 3 atom stereocenters. The molecule has 0 saturated heterocycles. The van der Waals surface area contributed by atoms with Gasteiger partial charge in [-0.25, -0.2) is 17.5 Å². The van der Waals surface area contributed by atoms with Crippen LogP contribution in [0.15, 0.2) is 29.2 Å². The maximum atomic E-state index is 12.9. The minimum atomic E-state index is -3.59. The second-order valence-electron chi connectivity index (χ2n) is 7.24. The van der Waals surface area contributed by atoms with Crippen LogP contribution in [0.3, 0.4) is 0 Å². The van der Waals surface area contributed by atoms with Crippen LogP contribution in [0.2, 0.25) is 0 Å². The Morgan fingerprint density at radius 2 is 1.81 bits per heavy atom. The molecule has 1 aromatic rings. The molecule has 2 unspecified atom stereocenters. The Kier molecular flexibility index (Phi) is 3.23. The second-order valence-corrected chi connectivity index (χ2v) is 8.95. The summed E-state index contributed by atoms with van der Waals surface area (Å²) in [5.41, 5.74) is 0.147. The zero-order valence-corrected chi connectivity index (χ0v) is 13.5. The number of hydrogen-bond donors (Lipinski definition) is 1. The number of benzene rings is 1. The third-order valence-electron chi connectivity index (χ3n) is 6.22. The number of hydrogen-bond acceptors (Lipinski definition) is 2. The Morgan fingerprint density at radius 1 is 1.19 bits per heavy atom. The molecule has 116 valence electrons. The minimum Gasteiger partial charge on any atom is -0.207 e. The molecular weight excluding hydrogens is 289 g/mol. The van der Waals surface area contributed by atoms with Crippen LogP contribution in [0.4, 0.5) is 4.39 Å². The summed E-state index contributed by atoms with van der Waals surface area (Å²) in [5, 5.41) is 0. The Bertz CT molecular complexity index is 653. The molecule has 2 aliphatic rings. The van der Waals surface area contributed by atoms with Crippen molar-refractivity contribution in [2.24, 2.45) is 16.7 Å². The molecule has 1 aromatic carbocycles. The van der Waals surface area contributed by atoms with Crippen LogP contribution in [0.1, 0.15) is 40.0 Å². The summed E-state index contributed by atoms with van der Waals surface area (Å²) in [4.78, 5) is 0.132. The predicted octanol–water partition coefficient (Wildman–Crippen LogP) is 3.32. The first-order valence-corrected chi connectivity index (χ1v) is 8.93. The molecule has 0 radical (unpaired) electrons. The zero-order valence-electron chi connectivity index (χ0n) is 12.7. The molecule has 2 aliphatic carbocycles. The summed E-state index contributed by atoms with van der Waals surface area (Å²) >= 11 is 0. The van der Waals surface area contributed by atoms with Gasteiger partial charge in [0.2, 0.25) is 10.0 Å². The van der Waals surface area contributed by atoms with E-state index in [0.717, 1.165) is 12.8 Å². The van der Waals surface area contributed by atoms with Crippen molar-refractivity contribution in [3.63, 3.8) is 0 Å². The van der Waals surface area contributed by atoms with E-state index in [1.807, 2.05) is 0 Å². The van der Waals surface area contributed by atoms with E-state index in [4.69, 9.17) is 0 Å². The van der Waals surface area contributed by atoms with Gasteiger partial charge >= 0.3 is 0 Å². The molecule has 0 amide bonds. The maximum absolute atomic E-state index is 12.9. The van der Waals surface area contributed by atoms with E-state index >= 15 is 0 Å². The predicted molar refractivity (Wildman–Crippen MR) is 79.7 cm³/mol. The smallest absolute Gasteiger partial charge is 0.207 e. The van der Waals surface area contributed by atoms with Crippen LogP contribution < -0.4 is 4.72 Å². The van der Waals surface area contributed by atoms with Crippen molar-refractivity contribution in [3.05, 3.63) is 30.1 Å². The van der Waals surface area contributed by atoms with Crippen molar-refractivity contribution in [1.29, 1.82) is 0 Å². The average Bonchev–Trinajstić information content (AvgIpc) is 2.72. The maximum Gasteiger partial charge on any atom is 0.240 e. The largest absolute Gasteiger partial charge is 0.240 e. The molecule has 0 aromatic heterocycles. The van der Waals surface area contributed by atoms with E-state index in [2.05, 4.69) is 25.5 Å². The molecule has 2 saturated carbocycles. The number of halogens is 1. The lowest BCUT2D eigenvalue weighted by Crippen LogP contribution is -2.46. The van der Waals surface area contributed by atoms with E-state index in [1.165, 1.54) is 30.7 Å². The van der Waals surface area contributed by atoms with Crippen LogP contribution in [-0.4, -0.2) is 14.5 Å². The van der Waals surface area contributed by atoms with Gasteiger partial charge in [0.05, 0.1) is 4.90 Å². The molecule has 1 N–H and O–H groups in total. The van der Waals surface area contributed by atoms with Gasteiger partial charge in [0.15, 0.2) is 0 Å². The summed E-state index contributed by atoms with van der Waals surface area (Å²) in [6, 6.07) is 4.96. The van der Waals surface area contributed by atoms with Crippen LogP contribution in [0.5, 0.6) is 0 Å². The van der Waals surface area contributed by atoms with Gasteiger partial charge in [0.1, 0.15) is 5.82 Å². The first-order chi connectivity index (χ1) is 9.67. The first kappa shape index (κ1) is 15.0. The van der Waals surface area contributed by atoms with E-state index in [1.54, 1.807) is 0 Å². The molecule has 3 nitrogen and oxygen atoms in total. The highest BCUT2D eigenvalue weighted by atomic mass is 32.2. The minimum absolute atomic E-state index is 0.00916. The quantitative estimate of drug-likeness (QED) is 0.931. The first-order valence-electron chi connectivity index (χ1n) is 7.45. The van der Waals surface area contributed by atoms with Crippen molar-refractivity contribution < 1.29 is 12.8 Å². The van der Waals surface area contributed by atoms with E-state index in [-0.39, 0.29) is 21.8 Å². The van der Waals surface area contributed by atoms with Gasteiger partial charge in [-0.1, -0.05) is 20.8 Å². The number of rotatable bonds is 3. The molecule has 0 aliphatic heterocycles. The summed E-state index contributed by atoms with van der Waals surface area (Å²) in [6.45, 7) is 6.69. The van der Waals surface area contributed by atoms with Gasteiger partial charge in [0.25, 0.3) is 0 Å². The highest BCUT2D eigenvalue weighted by Crippen LogP contribution is 2.65. The topological polar surface area (TPSA) is 46.2 Å². The van der Waals surface area contributed by atoms with Crippen LogP contribution in [0.25, 0.3) is 0 Å². The second kappa shape index (κ2) is 4.53. The summed E-state index contributed by atoms with van der Waals surface area (Å²) in [7, 11) is -3.59. The van der Waals surface area contributed by atoms with Gasteiger partial charge < -0.3 is 0 Å². The standard InChI is InChI=1S/C16H22FNO2S/c1-15(2)11-8-9-16(15,3)14(10-11)18-21(19,20)13-6-4-12(17)5-7-13/h4-7,11,14,18H,8-10H2,1-3H3/t11?,14?,16-/m0/s1. The monoisotopic (exact) mass is 311 g/mol. The summed E-state index contributed by atoms with van der Waals surface area (Å²) in [6.07, 6.45) is 3.13. The number of nitrogens with one attached hydrogen (secondary N) is 1. The van der Waals surface area contributed by atoms with E-state index in [9.17, 15) is 12.8 Å². The van der Waals surface area contributed by atoms with Gasteiger partial charge in [0, 0.05) is 6.04 Å². The lowest BCUT2D eigenvalue weighted by atomic mass is 9.69. The molecule has 0 heterocycles. The molecule has 21 heavy (non-hydrogen) atoms. The lowest BCUT2D eigenvalue weighted by Gasteiger charge is -2.39. The van der Waals surface area contributed by atoms with Gasteiger partial charge in [-0.15, -0.1) is 0 Å². The molecule has 5 heteroatoms. The normalized spacial score (nSPS) is 34.3. The highest BCUT2D eigenvalue weighted by Gasteiger charge is 2.61. The van der Waals surface area contributed by atoms with E-state index < -0.39 is 15.8 Å². The Labute approximate surface area is 126 Å². The third-order valence-corrected chi connectivity index (χ3v) is 7.70. The lowest BCUT2D eigenvalue weighted by molar-refractivity contribution is 0.130.